The molecule has 2 N–H and O–H groups in total. The van der Waals surface area contributed by atoms with Gasteiger partial charge in [0.15, 0.2) is 0 Å². The molecule has 3 aromatic rings. The van der Waals surface area contributed by atoms with Crippen molar-refractivity contribution in [3.05, 3.63) is 51.9 Å². The molecule has 0 radical (unpaired) electrons. The minimum absolute atomic E-state index is 0.101. The third-order valence-corrected chi connectivity index (χ3v) is 6.18. The van der Waals surface area contributed by atoms with Gasteiger partial charge in [-0.15, -0.1) is 11.3 Å². The normalized spacial score (nSPS) is 10.8. The molecule has 3 rings (SSSR count). The number of thiophene rings is 1. The van der Waals surface area contributed by atoms with E-state index in [2.05, 4.69) is 24.1 Å². The van der Waals surface area contributed by atoms with Gasteiger partial charge in [0.1, 0.15) is 16.1 Å². The number of rotatable bonds is 8. The van der Waals surface area contributed by atoms with Crippen LogP contribution < -0.4 is 15.8 Å². The van der Waals surface area contributed by atoms with Crippen molar-refractivity contribution in [1.29, 1.82) is 5.41 Å². The number of hydrogen-bond donors (Lipinski definition) is 2. The fourth-order valence-electron chi connectivity index (χ4n) is 3.31. The van der Waals surface area contributed by atoms with Gasteiger partial charge in [0.2, 0.25) is 5.55 Å². The highest BCUT2D eigenvalue weighted by atomic mass is 32.1. The van der Waals surface area contributed by atoms with Gasteiger partial charge >= 0.3 is 5.97 Å². The molecule has 0 unspecified atom stereocenters. The van der Waals surface area contributed by atoms with Gasteiger partial charge in [-0.25, -0.2) is 4.79 Å². The van der Waals surface area contributed by atoms with E-state index in [1.54, 1.807) is 19.1 Å². The van der Waals surface area contributed by atoms with Crippen LogP contribution in [0.25, 0.3) is 11.0 Å². The number of fused-ring (bicyclic) bond motifs is 1. The number of nitrogens with one attached hydrogen (secondary N) is 2. The van der Waals surface area contributed by atoms with Crippen LogP contribution in [0.15, 0.2) is 34.7 Å². The van der Waals surface area contributed by atoms with Crippen LogP contribution in [0.1, 0.15) is 53.3 Å². The fourth-order valence-corrected chi connectivity index (χ4v) is 4.29. The van der Waals surface area contributed by atoms with Crippen molar-refractivity contribution in [3.8, 4) is 0 Å². The van der Waals surface area contributed by atoms with Crippen LogP contribution in [0, 0.1) is 5.41 Å². The molecule has 1 aromatic carbocycles. The first-order chi connectivity index (χ1) is 14.9. The number of benzene rings is 1. The Kier molecular flexibility index (Phi) is 7.12. The number of carbonyl (C=O) groups excluding carboxylic acids is 2. The van der Waals surface area contributed by atoms with Crippen molar-refractivity contribution in [3.63, 3.8) is 0 Å². The average molecular weight is 442 g/mol. The molecule has 31 heavy (non-hydrogen) atoms. The number of aryl methyl sites for hydroxylation is 1. The topological polar surface area (TPSA) is 95.6 Å². The molecule has 0 aliphatic heterocycles. The summed E-state index contributed by atoms with van der Waals surface area (Å²) in [4.78, 5) is 28.3. The lowest BCUT2D eigenvalue weighted by Crippen LogP contribution is -2.22. The molecule has 2 heterocycles. The van der Waals surface area contributed by atoms with Crippen LogP contribution in [0.3, 0.4) is 0 Å². The Hall–Kier alpha value is -3.13. The predicted molar refractivity (Wildman–Crippen MR) is 123 cm³/mol. The van der Waals surface area contributed by atoms with Crippen LogP contribution in [0.5, 0.6) is 0 Å². The van der Waals surface area contributed by atoms with E-state index in [-0.39, 0.29) is 17.7 Å². The second kappa shape index (κ2) is 9.78. The van der Waals surface area contributed by atoms with E-state index in [0.29, 0.717) is 16.1 Å². The monoisotopic (exact) mass is 441 g/mol. The number of carbonyl (C=O) groups is 2. The van der Waals surface area contributed by atoms with E-state index in [1.807, 2.05) is 25.1 Å². The van der Waals surface area contributed by atoms with E-state index >= 15 is 0 Å². The first-order valence-electron chi connectivity index (χ1n) is 10.4. The zero-order chi connectivity index (χ0) is 22.5. The Balaban J connectivity index is 1.94. The molecule has 0 saturated carbocycles. The summed E-state index contributed by atoms with van der Waals surface area (Å²) in [7, 11) is 0. The predicted octanol–water partition coefficient (Wildman–Crippen LogP) is 4.81. The third-order valence-electron chi connectivity index (χ3n) is 4.98. The van der Waals surface area contributed by atoms with Crippen molar-refractivity contribution in [2.24, 2.45) is 0 Å². The van der Waals surface area contributed by atoms with Crippen molar-refractivity contribution in [2.45, 2.75) is 34.1 Å². The van der Waals surface area contributed by atoms with Gasteiger partial charge in [0.05, 0.1) is 12.2 Å². The number of esters is 1. The highest BCUT2D eigenvalue weighted by molar-refractivity contribution is 7.16. The van der Waals surface area contributed by atoms with E-state index in [1.165, 1.54) is 11.3 Å². The third kappa shape index (κ3) is 4.80. The first-order valence-corrected chi connectivity index (χ1v) is 11.2. The summed E-state index contributed by atoms with van der Waals surface area (Å²) in [5.74, 6) is -0.981. The van der Waals surface area contributed by atoms with Crippen molar-refractivity contribution < 1.29 is 18.7 Å². The SMILES string of the molecule is CCOC(=O)c1cc(CC)sc1NC(=O)c1cc2ccc(N(CC)CC)cc2oc1=N. The van der Waals surface area contributed by atoms with E-state index in [4.69, 9.17) is 14.6 Å². The smallest absolute Gasteiger partial charge is 0.341 e. The van der Waals surface area contributed by atoms with Gasteiger partial charge < -0.3 is 19.4 Å². The highest BCUT2D eigenvalue weighted by Gasteiger charge is 2.20. The Morgan fingerprint density at radius 3 is 2.48 bits per heavy atom. The zero-order valence-electron chi connectivity index (χ0n) is 18.2. The lowest BCUT2D eigenvalue weighted by atomic mass is 10.1. The second-order valence-corrected chi connectivity index (χ2v) is 8.00. The molecule has 2 aromatic heterocycles. The molecule has 0 saturated heterocycles. The lowest BCUT2D eigenvalue weighted by molar-refractivity contribution is 0.0528. The van der Waals surface area contributed by atoms with Crippen molar-refractivity contribution in [1.82, 2.24) is 0 Å². The average Bonchev–Trinajstić information content (AvgIpc) is 3.17. The summed E-state index contributed by atoms with van der Waals surface area (Å²) in [5.41, 5.74) is 1.74. The summed E-state index contributed by atoms with van der Waals surface area (Å²) < 4.78 is 10.8. The first kappa shape index (κ1) is 22.6. The number of nitrogens with zero attached hydrogens (tertiary/aromatic N) is 1. The van der Waals surface area contributed by atoms with Crippen LogP contribution in [-0.2, 0) is 11.2 Å². The summed E-state index contributed by atoms with van der Waals surface area (Å²) >= 11 is 1.33. The molecule has 0 bridgehead atoms. The minimum atomic E-state index is -0.501. The van der Waals surface area contributed by atoms with Crippen molar-refractivity contribution in [2.75, 3.05) is 29.9 Å². The van der Waals surface area contributed by atoms with Crippen molar-refractivity contribution >= 4 is 44.9 Å². The number of amides is 1. The van der Waals surface area contributed by atoms with Gasteiger partial charge in [0, 0.05) is 35.1 Å². The highest BCUT2D eigenvalue weighted by Crippen LogP contribution is 2.30. The number of hydrogen-bond acceptors (Lipinski definition) is 7. The quantitative estimate of drug-likeness (QED) is 0.489. The largest absolute Gasteiger partial charge is 0.462 e. The maximum absolute atomic E-state index is 12.9. The Bertz CT molecular complexity index is 1160. The van der Waals surface area contributed by atoms with Crippen LogP contribution >= 0.6 is 11.3 Å². The maximum atomic E-state index is 12.9. The molecule has 164 valence electrons. The van der Waals surface area contributed by atoms with Gasteiger partial charge in [-0.2, -0.15) is 0 Å². The molecule has 1 amide bonds. The van der Waals surface area contributed by atoms with Gasteiger partial charge in [-0.05, 0) is 51.5 Å². The van der Waals surface area contributed by atoms with E-state index in [0.717, 1.165) is 35.5 Å². The van der Waals surface area contributed by atoms with Gasteiger partial charge in [0.25, 0.3) is 5.91 Å². The molecule has 0 atom stereocenters. The molecule has 0 aliphatic carbocycles. The molecule has 0 fully saturated rings. The molecule has 7 nitrogen and oxygen atoms in total. The van der Waals surface area contributed by atoms with E-state index in [9.17, 15) is 9.59 Å². The molecule has 0 aliphatic rings. The molecule has 8 heteroatoms. The molecular formula is C23H27N3O4S. The van der Waals surface area contributed by atoms with Crippen LogP contribution in [0.4, 0.5) is 10.7 Å². The van der Waals surface area contributed by atoms with Gasteiger partial charge in [-0.3, -0.25) is 10.2 Å². The zero-order valence-corrected chi connectivity index (χ0v) is 19.0. The Morgan fingerprint density at radius 1 is 1.10 bits per heavy atom. The summed E-state index contributed by atoms with van der Waals surface area (Å²) in [5, 5.41) is 12.1. The maximum Gasteiger partial charge on any atom is 0.341 e. The van der Waals surface area contributed by atoms with Crippen LogP contribution in [0.2, 0.25) is 0 Å². The minimum Gasteiger partial charge on any atom is -0.462 e. The summed E-state index contributed by atoms with van der Waals surface area (Å²) in [6.07, 6.45) is 0.733. The second-order valence-electron chi connectivity index (χ2n) is 6.87. The summed E-state index contributed by atoms with van der Waals surface area (Å²) in [6, 6.07) is 9.11. The van der Waals surface area contributed by atoms with Gasteiger partial charge in [-0.1, -0.05) is 6.92 Å². The Morgan fingerprint density at radius 2 is 1.84 bits per heavy atom. The standard InChI is InChI=1S/C23H27N3O4S/c1-5-16-13-18(23(28)29-8-4)22(31-16)25-21(27)17-11-14-9-10-15(26(6-2)7-3)12-19(14)30-20(17)24/h9-13,24H,5-8H2,1-4H3,(H,25,27). The molecular weight excluding hydrogens is 414 g/mol. The fraction of sp³-hybridized carbons (Fsp3) is 0.348. The summed E-state index contributed by atoms with van der Waals surface area (Å²) in [6.45, 7) is 9.83. The number of anilines is 2. The molecule has 0 spiro atoms. The number of ether oxygens (including phenoxy) is 1. The van der Waals surface area contributed by atoms with E-state index < -0.39 is 11.9 Å². The van der Waals surface area contributed by atoms with Crippen LogP contribution in [-0.4, -0.2) is 31.6 Å². The Labute approximate surface area is 185 Å². The lowest BCUT2D eigenvalue weighted by Gasteiger charge is -2.21.